The van der Waals surface area contributed by atoms with Crippen molar-refractivity contribution >= 4 is 15.0 Å². The normalized spacial score (nSPS) is 28.9. The van der Waals surface area contributed by atoms with E-state index in [0.717, 1.165) is 19.4 Å². The zero-order chi connectivity index (χ0) is 10.4. The van der Waals surface area contributed by atoms with Gasteiger partial charge in [0.15, 0.2) is 0 Å². The summed E-state index contributed by atoms with van der Waals surface area (Å²) in [7, 11) is -0.891. The number of nitrogens with two attached hydrogens (primary N) is 1. The lowest BCUT2D eigenvalue weighted by atomic mass is 10.2. The van der Waals surface area contributed by atoms with Crippen LogP contribution in [0.1, 0.15) is 25.7 Å². The lowest BCUT2D eigenvalue weighted by Gasteiger charge is -2.36. The highest BCUT2D eigenvalue weighted by atomic mass is 28.3. The van der Waals surface area contributed by atoms with E-state index in [-0.39, 0.29) is 5.35 Å². The van der Waals surface area contributed by atoms with Gasteiger partial charge in [-0.3, -0.25) is 4.99 Å². The fourth-order valence-electron chi connectivity index (χ4n) is 1.80. The number of ether oxygens (including phenoxy) is 1. The maximum Gasteiger partial charge on any atom is 0.139 e. The Morgan fingerprint density at radius 3 is 2.79 bits per heavy atom. The number of aliphatic imine (C=N–C) groups is 1. The molecule has 0 aromatic carbocycles. The first-order valence-corrected chi connectivity index (χ1v) is 8.47. The topological polar surface area (TPSA) is 47.6 Å². The Kier molecular flexibility index (Phi) is 4.78. The molecule has 1 heterocycles. The predicted octanol–water partition coefficient (Wildman–Crippen LogP) is 1.33. The number of hydrogen-bond donors (Lipinski definition) is 1. The molecule has 1 fully saturated rings. The fourth-order valence-corrected chi connectivity index (χ4v) is 3.44. The SMILES string of the molecule is C[SiH](C)C1(N=CCCN)CCCCO1. The molecule has 1 aliphatic heterocycles. The fraction of sp³-hybridized carbons (Fsp3) is 0.900. The molecule has 0 radical (unpaired) electrons. The molecule has 0 saturated carbocycles. The molecule has 2 N–H and O–H groups in total. The van der Waals surface area contributed by atoms with Crippen LogP contribution in [-0.2, 0) is 4.74 Å². The Morgan fingerprint density at radius 1 is 1.50 bits per heavy atom. The van der Waals surface area contributed by atoms with E-state index in [1.165, 1.54) is 12.8 Å². The van der Waals surface area contributed by atoms with E-state index in [9.17, 15) is 0 Å². The number of rotatable bonds is 4. The van der Waals surface area contributed by atoms with Gasteiger partial charge in [-0.1, -0.05) is 13.1 Å². The molecule has 0 aromatic heterocycles. The van der Waals surface area contributed by atoms with Gasteiger partial charge in [0, 0.05) is 12.8 Å². The molecule has 1 unspecified atom stereocenters. The van der Waals surface area contributed by atoms with Crippen molar-refractivity contribution in [3.8, 4) is 0 Å². The van der Waals surface area contributed by atoms with E-state index in [0.29, 0.717) is 6.54 Å². The lowest BCUT2D eigenvalue weighted by Crippen LogP contribution is -2.45. The van der Waals surface area contributed by atoms with E-state index in [1.54, 1.807) is 0 Å². The molecular weight excluding hydrogens is 192 g/mol. The molecule has 4 heteroatoms. The molecule has 0 bridgehead atoms. The van der Waals surface area contributed by atoms with Crippen LogP contribution < -0.4 is 5.73 Å². The van der Waals surface area contributed by atoms with Gasteiger partial charge in [0.1, 0.15) is 5.35 Å². The smallest absolute Gasteiger partial charge is 0.139 e. The molecule has 3 nitrogen and oxygen atoms in total. The summed E-state index contributed by atoms with van der Waals surface area (Å²) >= 11 is 0. The molecule has 1 rings (SSSR count). The van der Waals surface area contributed by atoms with Crippen molar-refractivity contribution in [1.82, 2.24) is 0 Å². The molecule has 0 spiro atoms. The predicted molar refractivity (Wildman–Crippen MR) is 63.6 cm³/mol. The molecule has 0 aromatic rings. The third-order valence-electron chi connectivity index (χ3n) is 2.79. The van der Waals surface area contributed by atoms with Crippen LogP contribution in [0.25, 0.3) is 0 Å². The highest BCUT2D eigenvalue weighted by Gasteiger charge is 2.35. The molecule has 1 saturated heterocycles. The average Bonchev–Trinajstić information content (AvgIpc) is 2.19. The van der Waals surface area contributed by atoms with Crippen LogP contribution >= 0.6 is 0 Å². The first kappa shape index (κ1) is 11.9. The molecule has 0 amide bonds. The molecule has 14 heavy (non-hydrogen) atoms. The quantitative estimate of drug-likeness (QED) is 0.567. The Balaban J connectivity index is 2.60. The molecule has 0 aliphatic carbocycles. The molecule has 1 aliphatic rings. The summed E-state index contributed by atoms with van der Waals surface area (Å²) < 4.78 is 5.90. The van der Waals surface area contributed by atoms with Crippen molar-refractivity contribution in [2.45, 2.75) is 44.1 Å². The minimum Gasteiger partial charge on any atom is -0.358 e. The van der Waals surface area contributed by atoms with E-state index in [4.69, 9.17) is 10.5 Å². The van der Waals surface area contributed by atoms with Gasteiger partial charge in [0.05, 0.1) is 8.80 Å². The van der Waals surface area contributed by atoms with E-state index >= 15 is 0 Å². The standard InChI is InChI=1S/C10H22N2OSi/c1-14(2)10(12-8-5-7-11)6-3-4-9-13-10/h8,14H,3-7,9,11H2,1-2H3. The average molecular weight is 214 g/mol. The summed E-state index contributed by atoms with van der Waals surface area (Å²) in [5, 5.41) is -0.118. The van der Waals surface area contributed by atoms with Gasteiger partial charge in [-0.2, -0.15) is 0 Å². The summed E-state index contributed by atoms with van der Waals surface area (Å²) in [5.41, 5.74) is 5.44. The van der Waals surface area contributed by atoms with Crippen molar-refractivity contribution in [1.29, 1.82) is 0 Å². The monoisotopic (exact) mass is 214 g/mol. The van der Waals surface area contributed by atoms with Gasteiger partial charge in [-0.05, 0) is 32.2 Å². The summed E-state index contributed by atoms with van der Waals surface area (Å²) in [6.07, 6.45) is 6.38. The number of hydrogen-bond acceptors (Lipinski definition) is 3. The van der Waals surface area contributed by atoms with Crippen LogP contribution in [0.4, 0.5) is 0 Å². The van der Waals surface area contributed by atoms with Crippen LogP contribution in [0.5, 0.6) is 0 Å². The van der Waals surface area contributed by atoms with Gasteiger partial charge in [0.2, 0.25) is 0 Å². The van der Waals surface area contributed by atoms with Crippen molar-refractivity contribution in [2.75, 3.05) is 13.2 Å². The maximum atomic E-state index is 5.90. The third-order valence-corrected chi connectivity index (χ3v) is 5.20. The van der Waals surface area contributed by atoms with E-state index in [2.05, 4.69) is 18.1 Å². The van der Waals surface area contributed by atoms with Gasteiger partial charge in [-0.15, -0.1) is 0 Å². The largest absolute Gasteiger partial charge is 0.358 e. The highest BCUT2D eigenvalue weighted by molar-refractivity contribution is 6.59. The Bertz CT molecular complexity index is 189. The van der Waals surface area contributed by atoms with Crippen LogP contribution in [0.15, 0.2) is 4.99 Å². The third kappa shape index (κ3) is 2.90. The molecular formula is C10H22N2OSi. The van der Waals surface area contributed by atoms with Crippen molar-refractivity contribution in [3.05, 3.63) is 0 Å². The number of nitrogens with zero attached hydrogens (tertiary/aromatic N) is 1. The minimum absolute atomic E-state index is 0.118. The van der Waals surface area contributed by atoms with Gasteiger partial charge in [0.25, 0.3) is 0 Å². The minimum atomic E-state index is -0.891. The second-order valence-corrected chi connectivity index (χ2v) is 7.41. The summed E-state index contributed by atoms with van der Waals surface area (Å²) in [5.74, 6) is 0. The van der Waals surface area contributed by atoms with Crippen LogP contribution in [0.2, 0.25) is 13.1 Å². The molecule has 1 atom stereocenters. The molecule has 82 valence electrons. The second kappa shape index (κ2) is 5.63. The van der Waals surface area contributed by atoms with E-state index in [1.807, 2.05) is 6.21 Å². The van der Waals surface area contributed by atoms with Gasteiger partial charge in [-0.25, -0.2) is 0 Å². The van der Waals surface area contributed by atoms with Crippen LogP contribution in [0.3, 0.4) is 0 Å². The second-order valence-electron chi connectivity index (χ2n) is 4.19. The Morgan fingerprint density at radius 2 is 2.29 bits per heavy atom. The van der Waals surface area contributed by atoms with Gasteiger partial charge < -0.3 is 10.5 Å². The van der Waals surface area contributed by atoms with Crippen LogP contribution in [-0.4, -0.2) is 33.5 Å². The zero-order valence-electron chi connectivity index (χ0n) is 9.33. The summed E-state index contributed by atoms with van der Waals surface area (Å²) in [4.78, 5) is 4.64. The van der Waals surface area contributed by atoms with Gasteiger partial charge >= 0.3 is 0 Å². The Hall–Kier alpha value is -0.193. The summed E-state index contributed by atoms with van der Waals surface area (Å²) in [6.45, 7) is 6.18. The maximum absolute atomic E-state index is 5.90. The Labute approximate surface area is 88.3 Å². The van der Waals surface area contributed by atoms with E-state index < -0.39 is 8.80 Å². The lowest BCUT2D eigenvalue weighted by molar-refractivity contribution is -0.0159. The van der Waals surface area contributed by atoms with Crippen molar-refractivity contribution in [2.24, 2.45) is 10.7 Å². The first-order valence-electron chi connectivity index (χ1n) is 5.59. The van der Waals surface area contributed by atoms with Crippen molar-refractivity contribution in [3.63, 3.8) is 0 Å². The first-order chi connectivity index (χ1) is 6.71. The van der Waals surface area contributed by atoms with Crippen LogP contribution in [0, 0.1) is 0 Å². The van der Waals surface area contributed by atoms with Crippen molar-refractivity contribution < 1.29 is 4.74 Å². The summed E-state index contributed by atoms with van der Waals surface area (Å²) in [6, 6.07) is 0. The zero-order valence-corrected chi connectivity index (χ0v) is 10.5. The highest BCUT2D eigenvalue weighted by Crippen LogP contribution is 2.28.